The Bertz CT molecular complexity index is 733. The second-order valence-corrected chi connectivity index (χ2v) is 15.1. The summed E-state index contributed by atoms with van der Waals surface area (Å²) in [4.78, 5) is 37.4. The van der Waals surface area contributed by atoms with Gasteiger partial charge >= 0.3 is 17.9 Å². The van der Waals surface area contributed by atoms with Gasteiger partial charge in [0, 0.05) is 19.3 Å². The second kappa shape index (κ2) is 32.9. The summed E-state index contributed by atoms with van der Waals surface area (Å²) in [5.74, 6) is 1.48. The Balaban J connectivity index is 4.38. The number of hydrogen-bond acceptors (Lipinski definition) is 6. The highest BCUT2D eigenvalue weighted by Gasteiger charge is 2.19. The van der Waals surface area contributed by atoms with Crippen LogP contribution in [0, 0.1) is 17.8 Å². The van der Waals surface area contributed by atoms with E-state index in [9.17, 15) is 14.4 Å². The summed E-state index contributed by atoms with van der Waals surface area (Å²) in [6.07, 6.45) is 26.8. The summed E-state index contributed by atoms with van der Waals surface area (Å²) in [5.41, 5.74) is 0. The summed E-state index contributed by atoms with van der Waals surface area (Å²) < 4.78 is 16.6. The minimum absolute atomic E-state index is 0.0692. The first-order valence-electron chi connectivity index (χ1n) is 20.1. The quantitative estimate of drug-likeness (QED) is 0.0386. The third-order valence-electron chi connectivity index (χ3n) is 9.26. The molecule has 0 heterocycles. The Labute approximate surface area is 291 Å². The molecule has 0 aliphatic rings. The van der Waals surface area contributed by atoms with Gasteiger partial charge in [-0.3, -0.25) is 14.4 Å². The van der Waals surface area contributed by atoms with E-state index in [0.717, 1.165) is 75.5 Å². The zero-order valence-corrected chi connectivity index (χ0v) is 32.1. The third kappa shape index (κ3) is 34.1. The number of carbonyl (C=O) groups excluding carboxylic acids is 3. The smallest absolute Gasteiger partial charge is 0.306 e. The van der Waals surface area contributed by atoms with Crippen LogP contribution < -0.4 is 0 Å². The summed E-state index contributed by atoms with van der Waals surface area (Å²) in [7, 11) is 0. The van der Waals surface area contributed by atoms with Crippen molar-refractivity contribution >= 4 is 17.9 Å². The monoisotopic (exact) mass is 667 g/mol. The molecule has 0 amide bonds. The first-order valence-corrected chi connectivity index (χ1v) is 20.1. The molecule has 47 heavy (non-hydrogen) atoms. The number of rotatable bonds is 34. The van der Waals surface area contributed by atoms with Crippen LogP contribution in [0.25, 0.3) is 0 Å². The van der Waals surface area contributed by atoms with Gasteiger partial charge in [0.2, 0.25) is 0 Å². The van der Waals surface area contributed by atoms with Crippen molar-refractivity contribution in [2.24, 2.45) is 17.8 Å². The van der Waals surface area contributed by atoms with Gasteiger partial charge in [0.25, 0.3) is 0 Å². The predicted molar refractivity (Wildman–Crippen MR) is 196 cm³/mol. The van der Waals surface area contributed by atoms with Crippen molar-refractivity contribution in [3.8, 4) is 0 Å². The molecular weight excluding hydrogens is 588 g/mol. The number of unbranched alkanes of at least 4 members (excludes halogenated alkanes) is 16. The molecular formula is C41H78O6. The lowest BCUT2D eigenvalue weighted by molar-refractivity contribution is -0.167. The van der Waals surface area contributed by atoms with E-state index in [1.54, 1.807) is 0 Å². The lowest BCUT2D eigenvalue weighted by Gasteiger charge is -2.18. The largest absolute Gasteiger partial charge is 0.462 e. The second-order valence-electron chi connectivity index (χ2n) is 15.1. The van der Waals surface area contributed by atoms with Crippen LogP contribution in [0.3, 0.4) is 0 Å². The maximum atomic E-state index is 12.6. The van der Waals surface area contributed by atoms with Gasteiger partial charge in [0.05, 0.1) is 0 Å². The topological polar surface area (TPSA) is 78.9 Å². The molecule has 0 rings (SSSR count). The molecule has 278 valence electrons. The number of carbonyl (C=O) groups is 3. The van der Waals surface area contributed by atoms with E-state index < -0.39 is 6.10 Å². The van der Waals surface area contributed by atoms with Gasteiger partial charge in [0.15, 0.2) is 6.10 Å². The van der Waals surface area contributed by atoms with E-state index in [1.165, 1.54) is 89.9 Å². The first-order chi connectivity index (χ1) is 22.6. The van der Waals surface area contributed by atoms with Crippen molar-refractivity contribution < 1.29 is 28.6 Å². The molecule has 0 aliphatic carbocycles. The molecule has 0 aromatic rings. The van der Waals surface area contributed by atoms with E-state index in [2.05, 4.69) is 41.5 Å². The van der Waals surface area contributed by atoms with Crippen LogP contribution in [0.15, 0.2) is 0 Å². The van der Waals surface area contributed by atoms with E-state index in [-0.39, 0.29) is 31.1 Å². The van der Waals surface area contributed by atoms with Crippen molar-refractivity contribution in [1.82, 2.24) is 0 Å². The molecule has 0 aromatic heterocycles. The highest BCUT2D eigenvalue weighted by atomic mass is 16.6. The normalized spacial score (nSPS) is 12.8. The molecule has 0 saturated heterocycles. The predicted octanol–water partition coefficient (Wildman–Crippen LogP) is 12.1. The molecule has 0 aromatic carbocycles. The van der Waals surface area contributed by atoms with Crippen LogP contribution in [-0.4, -0.2) is 37.2 Å². The Morgan fingerprint density at radius 1 is 0.426 bits per heavy atom. The molecule has 0 N–H and O–H groups in total. The summed E-state index contributed by atoms with van der Waals surface area (Å²) in [5, 5.41) is 0. The fraction of sp³-hybridized carbons (Fsp3) is 0.927. The van der Waals surface area contributed by atoms with Gasteiger partial charge in [-0.25, -0.2) is 0 Å². The van der Waals surface area contributed by atoms with Gasteiger partial charge in [-0.15, -0.1) is 0 Å². The molecule has 0 bridgehead atoms. The summed E-state index contributed by atoms with van der Waals surface area (Å²) in [6, 6.07) is 0. The SMILES string of the molecule is CCC(C)CCCCCCCCC(=O)OC[C@H](COC(=O)CCCCCCCCCC(C)C)OC(=O)CCCCCCCCC(C)C. The van der Waals surface area contributed by atoms with Crippen molar-refractivity contribution in [3.63, 3.8) is 0 Å². The van der Waals surface area contributed by atoms with E-state index in [1.807, 2.05) is 0 Å². The maximum Gasteiger partial charge on any atom is 0.306 e. The fourth-order valence-corrected chi connectivity index (χ4v) is 5.79. The zero-order chi connectivity index (χ0) is 35.0. The van der Waals surface area contributed by atoms with E-state index in [4.69, 9.17) is 14.2 Å². The van der Waals surface area contributed by atoms with Crippen LogP contribution in [0.4, 0.5) is 0 Å². The molecule has 2 atom stereocenters. The van der Waals surface area contributed by atoms with Crippen LogP contribution in [0.2, 0.25) is 0 Å². The van der Waals surface area contributed by atoms with Crippen LogP contribution in [0.5, 0.6) is 0 Å². The van der Waals surface area contributed by atoms with E-state index >= 15 is 0 Å². The molecule has 0 fully saturated rings. The fourth-order valence-electron chi connectivity index (χ4n) is 5.79. The molecule has 1 unspecified atom stereocenters. The number of hydrogen-bond donors (Lipinski definition) is 0. The molecule has 0 aliphatic heterocycles. The Morgan fingerprint density at radius 2 is 0.745 bits per heavy atom. The Hall–Kier alpha value is -1.59. The van der Waals surface area contributed by atoms with E-state index in [0.29, 0.717) is 19.3 Å². The highest BCUT2D eigenvalue weighted by molar-refractivity contribution is 5.71. The summed E-state index contributed by atoms with van der Waals surface area (Å²) >= 11 is 0. The minimum atomic E-state index is -0.761. The minimum Gasteiger partial charge on any atom is -0.462 e. The van der Waals surface area contributed by atoms with Gasteiger partial charge in [-0.2, -0.15) is 0 Å². The molecule has 6 heteroatoms. The van der Waals surface area contributed by atoms with Gasteiger partial charge < -0.3 is 14.2 Å². The van der Waals surface area contributed by atoms with Crippen LogP contribution in [-0.2, 0) is 28.6 Å². The number of ether oxygens (including phenoxy) is 3. The van der Waals surface area contributed by atoms with Crippen molar-refractivity contribution in [3.05, 3.63) is 0 Å². The molecule has 0 radical (unpaired) electrons. The number of esters is 3. The lowest BCUT2D eigenvalue weighted by atomic mass is 10.00. The van der Waals surface area contributed by atoms with Crippen LogP contribution in [0.1, 0.15) is 208 Å². The average Bonchev–Trinajstić information content (AvgIpc) is 3.03. The molecule has 6 nitrogen and oxygen atoms in total. The zero-order valence-electron chi connectivity index (χ0n) is 32.1. The summed E-state index contributed by atoms with van der Waals surface area (Å²) in [6.45, 7) is 13.5. The van der Waals surface area contributed by atoms with Gasteiger partial charge in [-0.05, 0) is 37.0 Å². The van der Waals surface area contributed by atoms with Crippen LogP contribution >= 0.6 is 0 Å². The van der Waals surface area contributed by atoms with Crippen molar-refractivity contribution in [2.75, 3.05) is 13.2 Å². The Morgan fingerprint density at radius 3 is 1.11 bits per heavy atom. The van der Waals surface area contributed by atoms with Crippen molar-refractivity contribution in [2.45, 2.75) is 215 Å². The van der Waals surface area contributed by atoms with Gasteiger partial charge in [-0.1, -0.05) is 170 Å². The average molecular weight is 667 g/mol. The molecule has 0 spiro atoms. The maximum absolute atomic E-state index is 12.6. The first kappa shape index (κ1) is 45.4. The highest BCUT2D eigenvalue weighted by Crippen LogP contribution is 2.16. The molecule has 0 saturated carbocycles. The van der Waals surface area contributed by atoms with Crippen molar-refractivity contribution in [1.29, 1.82) is 0 Å². The third-order valence-corrected chi connectivity index (χ3v) is 9.26. The standard InChI is InChI=1S/C41H78O6/c1-7-37(6)29-23-17-12-14-19-25-31-40(43)46-34-38(47-41(44)32-26-20-13-11-16-22-28-36(4)5)33-45-39(42)30-24-18-10-8-9-15-21-27-35(2)3/h35-38H,7-34H2,1-6H3/t37?,38-/m0/s1. The Kier molecular flexibility index (Phi) is 31.8. The van der Waals surface area contributed by atoms with Gasteiger partial charge in [0.1, 0.15) is 13.2 Å². The lowest BCUT2D eigenvalue weighted by Crippen LogP contribution is -2.30.